The van der Waals surface area contributed by atoms with E-state index in [1.165, 1.54) is 14.0 Å². The summed E-state index contributed by atoms with van der Waals surface area (Å²) < 4.78 is 82.0. The zero-order valence-corrected chi connectivity index (χ0v) is 15.6. The van der Waals surface area contributed by atoms with E-state index in [0.717, 1.165) is 0 Å². The van der Waals surface area contributed by atoms with Crippen LogP contribution in [-0.2, 0) is 23.4 Å². The van der Waals surface area contributed by atoms with Gasteiger partial charge in [-0.2, -0.15) is 8.78 Å². The highest BCUT2D eigenvalue weighted by atomic mass is 28.4. The molecule has 24 heavy (non-hydrogen) atoms. The van der Waals surface area contributed by atoms with Crippen molar-refractivity contribution in [2.24, 2.45) is 0 Å². The van der Waals surface area contributed by atoms with Gasteiger partial charge < -0.3 is 23.4 Å². The predicted octanol–water partition coefficient (Wildman–Crippen LogP) is 3.25. The van der Waals surface area contributed by atoms with Gasteiger partial charge in [0.1, 0.15) is 12.9 Å². The molecule has 0 spiro atoms. The molecule has 0 aliphatic carbocycles. The SMILES string of the molecule is CCC1OC(O[Si](C)(C)C)C(F)(F)C1(OCOCCOC)C(F)F. The third kappa shape index (κ3) is 4.47. The summed E-state index contributed by atoms with van der Waals surface area (Å²) in [6, 6.07) is 0. The summed E-state index contributed by atoms with van der Waals surface area (Å²) in [4.78, 5) is 0. The molecular formula is C14H26F4O5Si. The Morgan fingerprint density at radius 3 is 2.25 bits per heavy atom. The lowest BCUT2D eigenvalue weighted by Crippen LogP contribution is -2.61. The Balaban J connectivity index is 3.00. The number of rotatable bonds is 10. The number of hydrogen-bond donors (Lipinski definition) is 0. The van der Waals surface area contributed by atoms with Crippen molar-refractivity contribution in [2.45, 2.75) is 63.3 Å². The summed E-state index contributed by atoms with van der Waals surface area (Å²) in [5.74, 6) is -4.02. The maximum atomic E-state index is 14.8. The van der Waals surface area contributed by atoms with Crippen LogP contribution in [0.5, 0.6) is 0 Å². The van der Waals surface area contributed by atoms with E-state index in [0.29, 0.717) is 0 Å². The highest BCUT2D eigenvalue weighted by Gasteiger charge is 2.75. The van der Waals surface area contributed by atoms with E-state index < -0.39 is 45.5 Å². The highest BCUT2D eigenvalue weighted by Crippen LogP contribution is 2.51. The third-order valence-corrected chi connectivity index (χ3v) is 4.47. The van der Waals surface area contributed by atoms with Gasteiger partial charge in [-0.15, -0.1) is 0 Å². The molecule has 0 aromatic carbocycles. The first-order valence-corrected chi connectivity index (χ1v) is 11.1. The van der Waals surface area contributed by atoms with Crippen molar-refractivity contribution in [1.29, 1.82) is 0 Å². The van der Waals surface area contributed by atoms with Gasteiger partial charge >= 0.3 is 5.92 Å². The molecule has 1 aliphatic heterocycles. The van der Waals surface area contributed by atoms with Crippen LogP contribution in [0.15, 0.2) is 0 Å². The lowest BCUT2D eigenvalue weighted by molar-refractivity contribution is -0.291. The Labute approximate surface area is 140 Å². The Hall–Kier alpha value is -0.263. The fourth-order valence-electron chi connectivity index (χ4n) is 2.44. The lowest BCUT2D eigenvalue weighted by Gasteiger charge is -2.37. The van der Waals surface area contributed by atoms with Crippen LogP contribution in [0.2, 0.25) is 19.6 Å². The van der Waals surface area contributed by atoms with E-state index in [9.17, 15) is 17.6 Å². The quantitative estimate of drug-likeness (QED) is 0.253. The van der Waals surface area contributed by atoms with Crippen LogP contribution >= 0.6 is 0 Å². The minimum absolute atomic E-state index is 0.0356. The number of ether oxygens (including phenoxy) is 4. The van der Waals surface area contributed by atoms with Gasteiger partial charge in [0.25, 0.3) is 6.43 Å². The Morgan fingerprint density at radius 1 is 1.17 bits per heavy atom. The smallest absolute Gasteiger partial charge is 0.333 e. The average Bonchev–Trinajstić information content (AvgIpc) is 2.66. The van der Waals surface area contributed by atoms with Gasteiger partial charge in [-0.25, -0.2) is 8.78 Å². The molecule has 3 unspecified atom stereocenters. The van der Waals surface area contributed by atoms with E-state index in [1.54, 1.807) is 19.6 Å². The summed E-state index contributed by atoms with van der Waals surface area (Å²) in [5, 5.41) is 0. The van der Waals surface area contributed by atoms with Crippen molar-refractivity contribution in [3.63, 3.8) is 0 Å². The van der Waals surface area contributed by atoms with Gasteiger partial charge in [0.15, 0.2) is 8.32 Å². The molecule has 1 rings (SSSR count). The maximum absolute atomic E-state index is 14.8. The van der Waals surface area contributed by atoms with Crippen molar-refractivity contribution in [2.75, 3.05) is 27.1 Å². The predicted molar refractivity (Wildman–Crippen MR) is 80.8 cm³/mol. The third-order valence-electron chi connectivity index (χ3n) is 3.55. The molecule has 1 saturated heterocycles. The van der Waals surface area contributed by atoms with Crippen LogP contribution < -0.4 is 0 Å². The molecule has 0 aromatic rings. The molecule has 0 bridgehead atoms. The molecule has 5 nitrogen and oxygen atoms in total. The van der Waals surface area contributed by atoms with Crippen molar-refractivity contribution >= 4 is 8.32 Å². The molecule has 0 aromatic heterocycles. The monoisotopic (exact) mass is 378 g/mol. The lowest BCUT2D eigenvalue weighted by atomic mass is 9.90. The normalized spacial score (nSPS) is 30.2. The number of hydrogen-bond acceptors (Lipinski definition) is 5. The maximum Gasteiger partial charge on any atom is 0.333 e. The molecule has 3 atom stereocenters. The molecule has 1 fully saturated rings. The Kier molecular flexibility index (Phi) is 7.63. The summed E-state index contributed by atoms with van der Waals surface area (Å²) >= 11 is 0. The molecule has 0 amide bonds. The van der Waals surface area contributed by atoms with Crippen LogP contribution in [0.3, 0.4) is 0 Å². The van der Waals surface area contributed by atoms with Crippen LogP contribution in [0, 0.1) is 0 Å². The molecule has 0 saturated carbocycles. The van der Waals surface area contributed by atoms with E-state index >= 15 is 0 Å². The van der Waals surface area contributed by atoms with E-state index in [1.807, 2.05) is 0 Å². The zero-order chi connectivity index (χ0) is 18.6. The Morgan fingerprint density at radius 2 is 1.79 bits per heavy atom. The summed E-state index contributed by atoms with van der Waals surface area (Å²) in [7, 11) is -1.03. The largest absolute Gasteiger partial charge is 0.389 e. The zero-order valence-electron chi connectivity index (χ0n) is 14.6. The standard InChI is InChI=1S/C14H26F4O5Si/c1-6-10-13(11(15)16,21-9-20-8-7-19-2)14(17,18)12(22-10)23-24(3,4)5/h10-12H,6-9H2,1-5H3. The topological polar surface area (TPSA) is 46.2 Å². The second-order valence-electron chi connectivity index (χ2n) is 6.48. The van der Waals surface area contributed by atoms with Crippen LogP contribution in [0.4, 0.5) is 17.6 Å². The minimum atomic E-state index is -4.02. The van der Waals surface area contributed by atoms with Crippen molar-refractivity contribution in [1.82, 2.24) is 0 Å². The average molecular weight is 378 g/mol. The highest BCUT2D eigenvalue weighted by molar-refractivity contribution is 6.69. The van der Waals surface area contributed by atoms with E-state index in [-0.39, 0.29) is 19.6 Å². The van der Waals surface area contributed by atoms with Gasteiger partial charge in [0.05, 0.1) is 13.2 Å². The molecule has 144 valence electrons. The summed E-state index contributed by atoms with van der Waals surface area (Å²) in [6.07, 6.45) is -7.13. The Bertz CT molecular complexity index is 394. The van der Waals surface area contributed by atoms with Crippen LogP contribution in [0.25, 0.3) is 0 Å². The second-order valence-corrected chi connectivity index (χ2v) is 10.9. The van der Waals surface area contributed by atoms with Crippen molar-refractivity contribution in [3.8, 4) is 0 Å². The molecule has 0 radical (unpaired) electrons. The number of methoxy groups -OCH3 is 1. The molecule has 0 N–H and O–H groups in total. The van der Waals surface area contributed by atoms with Gasteiger partial charge in [0.2, 0.25) is 11.9 Å². The first kappa shape index (κ1) is 21.8. The molecule has 1 aliphatic rings. The first-order chi connectivity index (χ1) is 11.0. The van der Waals surface area contributed by atoms with Crippen molar-refractivity contribution < 1.29 is 40.9 Å². The second kappa shape index (κ2) is 8.41. The van der Waals surface area contributed by atoms with E-state index in [2.05, 4.69) is 0 Å². The van der Waals surface area contributed by atoms with Crippen molar-refractivity contribution in [3.05, 3.63) is 0 Å². The van der Waals surface area contributed by atoms with Crippen LogP contribution in [0.1, 0.15) is 13.3 Å². The molecular weight excluding hydrogens is 352 g/mol. The van der Waals surface area contributed by atoms with Gasteiger partial charge in [-0.3, -0.25) is 0 Å². The molecule has 1 heterocycles. The van der Waals surface area contributed by atoms with Gasteiger partial charge in [-0.1, -0.05) is 6.92 Å². The first-order valence-electron chi connectivity index (χ1n) is 7.72. The van der Waals surface area contributed by atoms with Gasteiger partial charge in [-0.05, 0) is 26.1 Å². The van der Waals surface area contributed by atoms with E-state index in [4.69, 9.17) is 23.4 Å². The van der Waals surface area contributed by atoms with Gasteiger partial charge in [0, 0.05) is 7.11 Å². The fourth-order valence-corrected chi connectivity index (χ4v) is 3.28. The minimum Gasteiger partial charge on any atom is -0.389 e. The van der Waals surface area contributed by atoms with Crippen LogP contribution in [-0.4, -0.2) is 65.8 Å². The number of alkyl halides is 4. The fraction of sp³-hybridized carbons (Fsp3) is 1.00. The number of halogens is 4. The summed E-state index contributed by atoms with van der Waals surface area (Å²) in [6.45, 7) is 6.00. The molecule has 10 heteroatoms. The summed E-state index contributed by atoms with van der Waals surface area (Å²) in [5.41, 5.74) is -3.11.